The Balaban J connectivity index is 2.08. The Bertz CT molecular complexity index is 405. The van der Waals surface area contributed by atoms with Crippen LogP contribution in [-0.4, -0.2) is 33.4 Å². The van der Waals surface area contributed by atoms with Crippen molar-refractivity contribution >= 4 is 17.7 Å². The lowest BCUT2D eigenvalue weighted by Crippen LogP contribution is -2.16. The minimum Gasteiger partial charge on any atom is -0.464 e. The molecule has 1 saturated carbocycles. The van der Waals surface area contributed by atoms with Crippen molar-refractivity contribution in [3.05, 3.63) is 0 Å². The highest BCUT2D eigenvalue weighted by molar-refractivity contribution is 7.99. The van der Waals surface area contributed by atoms with Crippen molar-refractivity contribution in [3.8, 4) is 6.01 Å². The maximum absolute atomic E-state index is 5.43. The molecule has 0 aromatic carbocycles. The number of thioether (sulfide) groups is 1. The van der Waals surface area contributed by atoms with Crippen molar-refractivity contribution in [2.75, 3.05) is 18.5 Å². The summed E-state index contributed by atoms with van der Waals surface area (Å²) in [6.07, 6.45) is 5.15. The van der Waals surface area contributed by atoms with Gasteiger partial charge in [0.25, 0.3) is 0 Å². The smallest absolute Gasteiger partial charge is 0.322 e. The second-order valence-electron chi connectivity index (χ2n) is 5.20. The molecule has 0 spiro atoms. The average molecular weight is 296 g/mol. The number of hydrogen-bond donors (Lipinski definition) is 1. The zero-order chi connectivity index (χ0) is 14.4. The number of anilines is 1. The van der Waals surface area contributed by atoms with E-state index in [1.807, 2.05) is 13.8 Å². The topological polar surface area (TPSA) is 59.9 Å². The van der Waals surface area contributed by atoms with E-state index < -0.39 is 0 Å². The van der Waals surface area contributed by atoms with E-state index in [1.54, 1.807) is 11.8 Å². The van der Waals surface area contributed by atoms with E-state index in [1.165, 1.54) is 25.7 Å². The summed E-state index contributed by atoms with van der Waals surface area (Å²) in [6, 6.07) is 0.421. The molecule has 6 heteroatoms. The summed E-state index contributed by atoms with van der Waals surface area (Å²) >= 11 is 1.77. The Morgan fingerprint density at radius 3 is 2.80 bits per heavy atom. The van der Waals surface area contributed by atoms with Crippen LogP contribution < -0.4 is 10.1 Å². The van der Waals surface area contributed by atoms with Crippen LogP contribution in [0, 0.1) is 5.92 Å². The van der Waals surface area contributed by atoms with Gasteiger partial charge >= 0.3 is 6.01 Å². The molecule has 1 fully saturated rings. The van der Waals surface area contributed by atoms with Gasteiger partial charge in [-0.3, -0.25) is 0 Å². The molecular weight excluding hydrogens is 272 g/mol. The van der Waals surface area contributed by atoms with Crippen LogP contribution in [0.15, 0.2) is 5.16 Å². The predicted octanol–water partition coefficient (Wildman–Crippen LogP) is 3.37. The standard InChI is InChI=1S/C14H24N4OS/c1-4-15-12-16-13(19-5-2)18-14(17-12)20-11-8-6-7-10(3)9-11/h10-11H,4-9H2,1-3H3,(H,15,16,17,18). The number of aromatic nitrogens is 3. The lowest BCUT2D eigenvalue weighted by atomic mass is 9.91. The first-order chi connectivity index (χ1) is 9.71. The summed E-state index contributed by atoms with van der Waals surface area (Å²) in [4.78, 5) is 13.1. The normalized spacial score (nSPS) is 22.6. The van der Waals surface area contributed by atoms with Gasteiger partial charge in [0, 0.05) is 11.8 Å². The second-order valence-corrected chi connectivity index (χ2v) is 6.47. The number of nitrogens with one attached hydrogen (secondary N) is 1. The Hall–Kier alpha value is -1.04. The summed E-state index contributed by atoms with van der Waals surface area (Å²) in [6.45, 7) is 7.65. The van der Waals surface area contributed by atoms with Gasteiger partial charge in [-0.25, -0.2) is 0 Å². The molecule has 2 rings (SSSR count). The third-order valence-electron chi connectivity index (χ3n) is 3.36. The molecule has 20 heavy (non-hydrogen) atoms. The molecule has 1 heterocycles. The molecule has 1 aromatic heterocycles. The zero-order valence-corrected chi connectivity index (χ0v) is 13.4. The van der Waals surface area contributed by atoms with E-state index in [2.05, 4.69) is 27.2 Å². The molecule has 2 unspecified atom stereocenters. The Labute approximate surface area is 125 Å². The second kappa shape index (κ2) is 7.67. The minimum absolute atomic E-state index is 0.421. The van der Waals surface area contributed by atoms with Crippen LogP contribution in [0.1, 0.15) is 46.5 Å². The van der Waals surface area contributed by atoms with Crippen LogP contribution in [-0.2, 0) is 0 Å². The number of rotatable bonds is 6. The molecule has 0 bridgehead atoms. The summed E-state index contributed by atoms with van der Waals surface area (Å²) < 4.78 is 5.43. The summed E-state index contributed by atoms with van der Waals surface area (Å²) in [5.41, 5.74) is 0. The third kappa shape index (κ3) is 4.51. The monoisotopic (exact) mass is 296 g/mol. The van der Waals surface area contributed by atoms with Crippen molar-refractivity contribution in [2.45, 2.75) is 56.9 Å². The van der Waals surface area contributed by atoms with Gasteiger partial charge in [-0.2, -0.15) is 15.0 Å². The predicted molar refractivity (Wildman–Crippen MR) is 82.4 cm³/mol. The molecule has 1 aromatic rings. The summed E-state index contributed by atoms with van der Waals surface area (Å²) in [7, 11) is 0. The van der Waals surface area contributed by atoms with E-state index >= 15 is 0 Å². The molecule has 112 valence electrons. The van der Waals surface area contributed by atoms with Crippen LogP contribution in [0.2, 0.25) is 0 Å². The number of hydrogen-bond acceptors (Lipinski definition) is 6. The van der Waals surface area contributed by atoms with Crippen molar-refractivity contribution < 1.29 is 4.74 Å². The van der Waals surface area contributed by atoms with Crippen molar-refractivity contribution in [1.82, 2.24) is 15.0 Å². The van der Waals surface area contributed by atoms with Gasteiger partial charge in [-0.05, 0) is 32.6 Å². The van der Waals surface area contributed by atoms with Crippen LogP contribution in [0.25, 0.3) is 0 Å². The number of nitrogens with zero attached hydrogens (tertiary/aromatic N) is 3. The molecular formula is C14H24N4OS. The van der Waals surface area contributed by atoms with E-state index in [4.69, 9.17) is 4.74 Å². The molecule has 2 atom stereocenters. The first-order valence-electron chi connectivity index (χ1n) is 7.50. The highest BCUT2D eigenvalue weighted by Crippen LogP contribution is 2.35. The fourth-order valence-electron chi connectivity index (χ4n) is 2.46. The fourth-order valence-corrected chi connectivity index (χ4v) is 3.73. The zero-order valence-electron chi connectivity index (χ0n) is 12.6. The van der Waals surface area contributed by atoms with Gasteiger partial charge in [0.05, 0.1) is 6.61 Å². The molecule has 0 saturated heterocycles. The molecule has 5 nitrogen and oxygen atoms in total. The maximum Gasteiger partial charge on any atom is 0.322 e. The van der Waals surface area contributed by atoms with E-state index in [0.29, 0.717) is 23.8 Å². The largest absolute Gasteiger partial charge is 0.464 e. The van der Waals surface area contributed by atoms with Gasteiger partial charge in [-0.15, -0.1) is 0 Å². The van der Waals surface area contributed by atoms with Gasteiger partial charge in [-0.1, -0.05) is 31.5 Å². The lowest BCUT2D eigenvalue weighted by Gasteiger charge is -2.25. The first kappa shape index (κ1) is 15.4. The summed E-state index contributed by atoms with van der Waals surface area (Å²) in [5, 5.41) is 4.53. The minimum atomic E-state index is 0.421. The average Bonchev–Trinajstić information content (AvgIpc) is 2.39. The van der Waals surface area contributed by atoms with Gasteiger partial charge in [0.1, 0.15) is 0 Å². The Morgan fingerprint density at radius 1 is 1.25 bits per heavy atom. The Morgan fingerprint density at radius 2 is 2.10 bits per heavy atom. The van der Waals surface area contributed by atoms with Crippen molar-refractivity contribution in [3.63, 3.8) is 0 Å². The van der Waals surface area contributed by atoms with Crippen molar-refractivity contribution in [1.29, 1.82) is 0 Å². The molecule has 0 radical (unpaired) electrons. The molecule has 0 aliphatic heterocycles. The molecule has 0 amide bonds. The van der Waals surface area contributed by atoms with Crippen LogP contribution in [0.5, 0.6) is 6.01 Å². The van der Waals surface area contributed by atoms with Crippen molar-refractivity contribution in [2.24, 2.45) is 5.92 Å². The highest BCUT2D eigenvalue weighted by atomic mass is 32.2. The SMILES string of the molecule is CCNc1nc(OCC)nc(SC2CCCC(C)C2)n1. The lowest BCUT2D eigenvalue weighted by molar-refractivity contribution is 0.308. The van der Waals surface area contributed by atoms with E-state index in [9.17, 15) is 0 Å². The van der Waals surface area contributed by atoms with Gasteiger partial charge in [0.15, 0.2) is 5.16 Å². The third-order valence-corrected chi connectivity index (χ3v) is 4.52. The van der Waals surface area contributed by atoms with Crippen LogP contribution >= 0.6 is 11.8 Å². The molecule has 1 aliphatic rings. The number of ether oxygens (including phenoxy) is 1. The maximum atomic E-state index is 5.43. The quantitative estimate of drug-likeness (QED) is 0.868. The van der Waals surface area contributed by atoms with Gasteiger partial charge in [0.2, 0.25) is 5.95 Å². The molecule has 1 N–H and O–H groups in total. The van der Waals surface area contributed by atoms with E-state index in [-0.39, 0.29) is 0 Å². The highest BCUT2D eigenvalue weighted by Gasteiger charge is 2.21. The summed E-state index contributed by atoms with van der Waals surface area (Å²) in [5.74, 6) is 1.42. The van der Waals surface area contributed by atoms with E-state index in [0.717, 1.165) is 17.6 Å². The first-order valence-corrected chi connectivity index (χ1v) is 8.38. The van der Waals surface area contributed by atoms with Crippen LogP contribution in [0.4, 0.5) is 5.95 Å². The van der Waals surface area contributed by atoms with Gasteiger partial charge < -0.3 is 10.1 Å². The van der Waals surface area contributed by atoms with Crippen LogP contribution in [0.3, 0.4) is 0 Å². The Kier molecular flexibility index (Phi) is 5.88. The fraction of sp³-hybridized carbons (Fsp3) is 0.786. The molecule has 1 aliphatic carbocycles.